The van der Waals surface area contributed by atoms with E-state index in [1.54, 1.807) is 30.6 Å². The second-order valence-corrected chi connectivity index (χ2v) is 6.80. The molecule has 0 spiro atoms. The van der Waals surface area contributed by atoms with Crippen LogP contribution in [0.2, 0.25) is 0 Å². The van der Waals surface area contributed by atoms with Crippen LogP contribution in [0.5, 0.6) is 0 Å². The Balaban J connectivity index is 1.56. The zero-order valence-electron chi connectivity index (χ0n) is 14.4. The van der Waals surface area contributed by atoms with Crippen LogP contribution in [0, 0.1) is 11.6 Å². The minimum atomic E-state index is -1.06. The molecule has 0 aliphatic carbocycles. The number of anilines is 1. The predicted molar refractivity (Wildman–Crippen MR) is 105 cm³/mol. The average molecular weight is 393 g/mol. The first-order valence-electron chi connectivity index (χ1n) is 8.33. The van der Waals surface area contributed by atoms with Crippen molar-refractivity contribution in [3.63, 3.8) is 0 Å². The molecule has 4 aromatic rings. The Morgan fingerprint density at radius 3 is 2.61 bits per heavy atom. The smallest absolute Gasteiger partial charge is 0.255 e. The van der Waals surface area contributed by atoms with Crippen molar-refractivity contribution in [2.45, 2.75) is 0 Å². The summed E-state index contributed by atoms with van der Waals surface area (Å²) < 4.78 is 26.4. The van der Waals surface area contributed by atoms with Gasteiger partial charge in [-0.2, -0.15) is 0 Å². The number of thiazole rings is 1. The van der Waals surface area contributed by atoms with Crippen LogP contribution < -0.4 is 5.32 Å². The molecule has 0 fully saturated rings. The molecule has 0 aliphatic rings. The average Bonchev–Trinajstić information content (AvgIpc) is 3.21. The second-order valence-electron chi connectivity index (χ2n) is 5.94. The zero-order chi connectivity index (χ0) is 19.5. The normalized spacial score (nSPS) is 10.6. The molecule has 4 nitrogen and oxygen atoms in total. The fraction of sp³-hybridized carbons (Fsp3) is 0. The Bertz CT molecular complexity index is 1150. The number of rotatable bonds is 4. The first-order chi connectivity index (χ1) is 13.6. The maximum Gasteiger partial charge on any atom is 0.255 e. The second kappa shape index (κ2) is 7.66. The van der Waals surface area contributed by atoms with E-state index in [9.17, 15) is 13.6 Å². The molecule has 2 heterocycles. The Labute approximate surface area is 163 Å². The van der Waals surface area contributed by atoms with Crippen molar-refractivity contribution in [3.05, 3.63) is 89.6 Å². The van der Waals surface area contributed by atoms with Crippen molar-refractivity contribution in [2.24, 2.45) is 0 Å². The van der Waals surface area contributed by atoms with Crippen LogP contribution in [0.1, 0.15) is 10.4 Å². The minimum Gasteiger partial charge on any atom is -0.322 e. The first-order valence-corrected chi connectivity index (χ1v) is 9.21. The van der Waals surface area contributed by atoms with Crippen LogP contribution in [0.25, 0.3) is 21.8 Å². The zero-order valence-corrected chi connectivity index (χ0v) is 15.2. The van der Waals surface area contributed by atoms with E-state index in [-0.39, 0.29) is 5.56 Å². The number of nitrogens with zero attached hydrogens (tertiary/aromatic N) is 2. The molecule has 1 amide bonds. The Kier molecular flexibility index (Phi) is 4.90. The SMILES string of the molecule is O=C(Nc1cccc(-c2csc(-c3cccnc3)n2)c1)c1ccc(F)c(F)c1. The third-order valence-corrected chi connectivity index (χ3v) is 4.90. The molecule has 28 heavy (non-hydrogen) atoms. The van der Waals surface area contributed by atoms with Crippen LogP contribution in [-0.4, -0.2) is 15.9 Å². The quantitative estimate of drug-likeness (QED) is 0.505. The van der Waals surface area contributed by atoms with Crippen molar-refractivity contribution < 1.29 is 13.6 Å². The highest BCUT2D eigenvalue weighted by Crippen LogP contribution is 2.29. The highest BCUT2D eigenvalue weighted by Gasteiger charge is 2.11. The lowest BCUT2D eigenvalue weighted by Gasteiger charge is -2.07. The number of hydrogen-bond acceptors (Lipinski definition) is 4. The van der Waals surface area contributed by atoms with Crippen molar-refractivity contribution in [1.29, 1.82) is 0 Å². The molecule has 0 aliphatic heterocycles. The molecule has 0 saturated carbocycles. The number of aromatic nitrogens is 2. The van der Waals surface area contributed by atoms with E-state index in [0.717, 1.165) is 34.0 Å². The van der Waals surface area contributed by atoms with Crippen LogP contribution in [0.4, 0.5) is 14.5 Å². The van der Waals surface area contributed by atoms with E-state index in [2.05, 4.69) is 15.3 Å². The van der Waals surface area contributed by atoms with Gasteiger partial charge in [0, 0.05) is 40.2 Å². The van der Waals surface area contributed by atoms with Gasteiger partial charge >= 0.3 is 0 Å². The van der Waals surface area contributed by atoms with Crippen molar-refractivity contribution in [2.75, 3.05) is 5.32 Å². The van der Waals surface area contributed by atoms with Gasteiger partial charge in [0.15, 0.2) is 11.6 Å². The van der Waals surface area contributed by atoms with Crippen LogP contribution >= 0.6 is 11.3 Å². The molecule has 0 atom stereocenters. The highest BCUT2D eigenvalue weighted by molar-refractivity contribution is 7.13. The highest BCUT2D eigenvalue weighted by atomic mass is 32.1. The minimum absolute atomic E-state index is 0.0387. The Morgan fingerprint density at radius 1 is 0.964 bits per heavy atom. The fourth-order valence-electron chi connectivity index (χ4n) is 2.63. The summed E-state index contributed by atoms with van der Waals surface area (Å²) in [6.07, 6.45) is 3.46. The molecule has 0 saturated heterocycles. The van der Waals surface area contributed by atoms with E-state index >= 15 is 0 Å². The number of benzene rings is 2. The third kappa shape index (κ3) is 3.79. The van der Waals surface area contributed by atoms with Gasteiger partial charge < -0.3 is 5.32 Å². The summed E-state index contributed by atoms with van der Waals surface area (Å²) in [5.74, 6) is -2.58. The van der Waals surface area contributed by atoms with Gasteiger partial charge in [-0.3, -0.25) is 9.78 Å². The summed E-state index contributed by atoms with van der Waals surface area (Å²) in [5, 5.41) is 5.47. The molecule has 2 aromatic carbocycles. The molecular formula is C21H13F2N3OS. The lowest BCUT2D eigenvalue weighted by atomic mass is 10.1. The predicted octanol–water partition coefficient (Wildman–Crippen LogP) is 5.40. The van der Waals surface area contributed by atoms with Gasteiger partial charge in [0.2, 0.25) is 0 Å². The van der Waals surface area contributed by atoms with Gasteiger partial charge in [0.25, 0.3) is 5.91 Å². The summed E-state index contributed by atoms with van der Waals surface area (Å²) in [6.45, 7) is 0. The van der Waals surface area contributed by atoms with E-state index in [1.807, 2.05) is 23.6 Å². The molecule has 2 aromatic heterocycles. The fourth-order valence-corrected chi connectivity index (χ4v) is 3.45. The molecule has 4 rings (SSSR count). The van der Waals surface area contributed by atoms with Gasteiger partial charge in [0.1, 0.15) is 5.01 Å². The van der Waals surface area contributed by atoms with Crippen LogP contribution in [0.3, 0.4) is 0 Å². The monoisotopic (exact) mass is 393 g/mol. The maximum atomic E-state index is 13.3. The standard InChI is InChI=1S/C21H13F2N3OS/c22-17-7-6-14(10-18(17)23)20(27)25-16-5-1-3-13(9-16)19-12-28-21(26-19)15-4-2-8-24-11-15/h1-12H,(H,25,27). The van der Waals surface area contributed by atoms with Crippen molar-refractivity contribution in [1.82, 2.24) is 9.97 Å². The van der Waals surface area contributed by atoms with E-state index in [0.29, 0.717) is 5.69 Å². The summed E-state index contributed by atoms with van der Waals surface area (Å²) in [4.78, 5) is 21.0. The molecule has 0 radical (unpaired) electrons. The molecule has 138 valence electrons. The number of carbonyl (C=O) groups is 1. The van der Waals surface area contributed by atoms with Crippen molar-refractivity contribution in [3.8, 4) is 21.8 Å². The van der Waals surface area contributed by atoms with Crippen LogP contribution in [-0.2, 0) is 0 Å². The van der Waals surface area contributed by atoms with Gasteiger partial charge in [-0.05, 0) is 42.5 Å². The molecule has 0 unspecified atom stereocenters. The molecular weight excluding hydrogens is 380 g/mol. The topological polar surface area (TPSA) is 54.9 Å². The summed E-state index contributed by atoms with van der Waals surface area (Å²) in [5.41, 5.74) is 3.10. The first kappa shape index (κ1) is 17.9. The number of nitrogens with one attached hydrogen (secondary N) is 1. The molecule has 7 heteroatoms. The van der Waals surface area contributed by atoms with Gasteiger partial charge in [-0.15, -0.1) is 11.3 Å². The van der Waals surface area contributed by atoms with E-state index < -0.39 is 17.5 Å². The number of halogens is 2. The molecule has 1 N–H and O–H groups in total. The number of amides is 1. The number of pyridine rings is 1. The number of carbonyl (C=O) groups excluding carboxylic acids is 1. The number of hydrogen-bond donors (Lipinski definition) is 1. The lowest BCUT2D eigenvalue weighted by molar-refractivity contribution is 0.102. The van der Waals surface area contributed by atoms with E-state index in [1.165, 1.54) is 17.4 Å². The Hall–Kier alpha value is -3.45. The molecule has 0 bridgehead atoms. The van der Waals surface area contributed by atoms with Gasteiger partial charge in [0.05, 0.1) is 5.69 Å². The van der Waals surface area contributed by atoms with E-state index in [4.69, 9.17) is 0 Å². The summed E-state index contributed by atoms with van der Waals surface area (Å²) >= 11 is 1.50. The van der Waals surface area contributed by atoms with Gasteiger partial charge in [-0.25, -0.2) is 13.8 Å². The van der Waals surface area contributed by atoms with Gasteiger partial charge in [-0.1, -0.05) is 12.1 Å². The third-order valence-electron chi connectivity index (χ3n) is 4.01. The lowest BCUT2D eigenvalue weighted by Crippen LogP contribution is -2.12. The van der Waals surface area contributed by atoms with Crippen molar-refractivity contribution >= 4 is 22.9 Å². The largest absolute Gasteiger partial charge is 0.322 e. The Morgan fingerprint density at radius 2 is 1.82 bits per heavy atom. The van der Waals surface area contributed by atoms with Crippen LogP contribution in [0.15, 0.2) is 72.4 Å². The summed E-state index contributed by atoms with van der Waals surface area (Å²) in [6, 6.07) is 14.0. The maximum absolute atomic E-state index is 13.3. The summed E-state index contributed by atoms with van der Waals surface area (Å²) in [7, 11) is 0.